The Bertz CT molecular complexity index is 757. The second kappa shape index (κ2) is 4.89. The van der Waals surface area contributed by atoms with Gasteiger partial charge in [0.25, 0.3) is 10.1 Å². The highest BCUT2D eigenvalue weighted by Crippen LogP contribution is 2.28. The van der Waals surface area contributed by atoms with E-state index in [0.717, 1.165) is 4.31 Å². The minimum Gasteiger partial charge on any atom is -0.755 e. The summed E-state index contributed by atoms with van der Waals surface area (Å²) in [5, 5.41) is 1.09. The SMILES string of the molecule is CN(c1cccc2cc(S(=O)(=O)O)ccc12)S(=O)[O-]. The van der Waals surface area contributed by atoms with Gasteiger partial charge >= 0.3 is 0 Å². The molecule has 0 spiro atoms. The second-order valence-electron chi connectivity index (χ2n) is 3.85. The minimum absolute atomic E-state index is 0.233. The van der Waals surface area contributed by atoms with Crippen LogP contribution in [-0.2, 0) is 21.4 Å². The van der Waals surface area contributed by atoms with E-state index in [2.05, 4.69) is 0 Å². The predicted octanol–water partition coefficient (Wildman–Crippen LogP) is 1.32. The lowest BCUT2D eigenvalue weighted by Gasteiger charge is -2.22. The third-order valence-electron chi connectivity index (χ3n) is 2.69. The van der Waals surface area contributed by atoms with E-state index >= 15 is 0 Å². The molecule has 1 unspecified atom stereocenters. The summed E-state index contributed by atoms with van der Waals surface area (Å²) >= 11 is -2.42. The van der Waals surface area contributed by atoms with Crippen LogP contribution in [0.15, 0.2) is 41.3 Å². The quantitative estimate of drug-likeness (QED) is 0.681. The summed E-state index contributed by atoms with van der Waals surface area (Å²) in [7, 11) is -2.90. The molecule has 1 N–H and O–H groups in total. The van der Waals surface area contributed by atoms with Gasteiger partial charge in [0.2, 0.25) is 0 Å². The normalized spacial score (nSPS) is 13.4. The Kier molecular flexibility index (Phi) is 3.59. The minimum atomic E-state index is -4.28. The molecule has 0 amide bonds. The van der Waals surface area contributed by atoms with Gasteiger partial charge in [-0.3, -0.25) is 8.76 Å². The van der Waals surface area contributed by atoms with Crippen molar-refractivity contribution in [1.29, 1.82) is 0 Å². The first-order chi connectivity index (χ1) is 8.80. The van der Waals surface area contributed by atoms with Gasteiger partial charge in [0.1, 0.15) is 0 Å². The van der Waals surface area contributed by atoms with Crippen LogP contribution < -0.4 is 4.31 Å². The van der Waals surface area contributed by atoms with Crippen molar-refractivity contribution in [2.24, 2.45) is 0 Å². The number of anilines is 1. The van der Waals surface area contributed by atoms with Gasteiger partial charge in [-0.15, -0.1) is 0 Å². The van der Waals surface area contributed by atoms with E-state index < -0.39 is 21.4 Å². The predicted molar refractivity (Wildman–Crippen MR) is 71.1 cm³/mol. The van der Waals surface area contributed by atoms with E-state index in [0.29, 0.717) is 16.5 Å². The first-order valence-electron chi connectivity index (χ1n) is 5.14. The number of hydrogen-bond donors (Lipinski definition) is 1. The molecular weight excluding hydrogens is 290 g/mol. The Balaban J connectivity index is 2.69. The van der Waals surface area contributed by atoms with Crippen LogP contribution in [0, 0.1) is 0 Å². The van der Waals surface area contributed by atoms with Crippen LogP contribution in [0.1, 0.15) is 0 Å². The van der Waals surface area contributed by atoms with E-state index in [1.165, 1.54) is 25.2 Å². The fourth-order valence-corrected chi connectivity index (χ4v) is 2.60. The molecule has 2 rings (SSSR count). The lowest BCUT2D eigenvalue weighted by atomic mass is 10.1. The molecule has 2 aromatic carbocycles. The summed E-state index contributed by atoms with van der Waals surface area (Å²) in [6.07, 6.45) is 0. The Morgan fingerprint density at radius 2 is 1.95 bits per heavy atom. The van der Waals surface area contributed by atoms with Crippen molar-refractivity contribution in [3.05, 3.63) is 36.4 Å². The third-order valence-corrected chi connectivity index (χ3v) is 4.18. The van der Waals surface area contributed by atoms with E-state index in [1.54, 1.807) is 18.2 Å². The highest BCUT2D eigenvalue weighted by atomic mass is 32.2. The van der Waals surface area contributed by atoms with Crippen LogP contribution in [0.5, 0.6) is 0 Å². The van der Waals surface area contributed by atoms with E-state index in [4.69, 9.17) is 4.55 Å². The lowest BCUT2D eigenvalue weighted by Crippen LogP contribution is -2.19. The average molecular weight is 300 g/mol. The van der Waals surface area contributed by atoms with Gasteiger partial charge in [-0.05, 0) is 23.6 Å². The van der Waals surface area contributed by atoms with Crippen molar-refractivity contribution in [2.75, 3.05) is 11.4 Å². The summed E-state index contributed by atoms with van der Waals surface area (Å²) in [6.45, 7) is 0. The van der Waals surface area contributed by atoms with Crippen molar-refractivity contribution in [1.82, 2.24) is 0 Å². The smallest absolute Gasteiger partial charge is 0.294 e. The zero-order chi connectivity index (χ0) is 14.2. The molecule has 8 heteroatoms. The zero-order valence-corrected chi connectivity index (χ0v) is 11.4. The van der Waals surface area contributed by atoms with Crippen molar-refractivity contribution < 1.29 is 21.7 Å². The van der Waals surface area contributed by atoms with Crippen molar-refractivity contribution in [3.8, 4) is 0 Å². The Morgan fingerprint density at radius 3 is 2.53 bits per heavy atom. The summed E-state index contributed by atoms with van der Waals surface area (Å²) in [4.78, 5) is -0.233. The summed E-state index contributed by atoms with van der Waals surface area (Å²) in [6, 6.07) is 8.81. The number of fused-ring (bicyclic) bond motifs is 1. The molecule has 0 aliphatic heterocycles. The molecule has 102 valence electrons. The monoisotopic (exact) mass is 300 g/mol. The summed E-state index contributed by atoms with van der Waals surface area (Å²) < 4.78 is 54.0. The molecule has 0 saturated carbocycles. The highest BCUT2D eigenvalue weighted by molar-refractivity contribution is 7.85. The Labute approximate surface area is 112 Å². The topological polar surface area (TPSA) is 97.7 Å². The number of rotatable bonds is 3. The maximum Gasteiger partial charge on any atom is 0.294 e. The van der Waals surface area contributed by atoms with E-state index in [1.807, 2.05) is 0 Å². The Morgan fingerprint density at radius 1 is 1.26 bits per heavy atom. The van der Waals surface area contributed by atoms with Gasteiger partial charge in [-0.2, -0.15) is 8.42 Å². The molecule has 0 aromatic heterocycles. The van der Waals surface area contributed by atoms with Crippen LogP contribution in [-0.4, -0.2) is 28.8 Å². The zero-order valence-electron chi connectivity index (χ0n) is 9.81. The van der Waals surface area contributed by atoms with E-state index in [-0.39, 0.29) is 4.90 Å². The van der Waals surface area contributed by atoms with E-state index in [9.17, 15) is 17.2 Å². The average Bonchev–Trinajstić information content (AvgIpc) is 2.35. The fraction of sp³-hybridized carbons (Fsp3) is 0.0909. The highest BCUT2D eigenvalue weighted by Gasteiger charge is 2.12. The van der Waals surface area contributed by atoms with Crippen LogP contribution in [0.25, 0.3) is 10.8 Å². The molecule has 0 aliphatic carbocycles. The second-order valence-corrected chi connectivity index (χ2v) is 6.25. The lowest BCUT2D eigenvalue weighted by molar-refractivity contribution is 0.483. The van der Waals surface area contributed by atoms with Gasteiger partial charge in [0, 0.05) is 23.7 Å². The Hall–Kier alpha value is -1.48. The molecule has 0 fully saturated rings. The molecule has 1 atom stereocenters. The summed E-state index contributed by atoms with van der Waals surface area (Å²) in [5.41, 5.74) is 0.424. The molecule has 0 radical (unpaired) electrons. The number of hydrogen-bond acceptors (Lipinski definition) is 4. The third kappa shape index (κ3) is 2.76. The van der Waals surface area contributed by atoms with Crippen LogP contribution in [0.4, 0.5) is 5.69 Å². The van der Waals surface area contributed by atoms with Crippen molar-refractivity contribution in [3.63, 3.8) is 0 Å². The van der Waals surface area contributed by atoms with Gasteiger partial charge < -0.3 is 8.86 Å². The molecule has 0 saturated heterocycles. The van der Waals surface area contributed by atoms with Crippen molar-refractivity contribution in [2.45, 2.75) is 4.90 Å². The first kappa shape index (κ1) is 13.9. The number of benzene rings is 2. The van der Waals surface area contributed by atoms with Crippen molar-refractivity contribution >= 4 is 37.8 Å². The molecule has 19 heavy (non-hydrogen) atoms. The molecule has 6 nitrogen and oxygen atoms in total. The molecule has 0 aliphatic rings. The standard InChI is InChI=1S/C11H11NO5S2/c1-12(18(13)14)11-4-2-3-8-7-9(19(15,16)17)5-6-10(8)11/h2-7H,1H3,(H,13,14)(H,15,16,17)/p-1. The van der Waals surface area contributed by atoms with Gasteiger partial charge in [0.15, 0.2) is 0 Å². The van der Waals surface area contributed by atoms with Crippen LogP contribution in [0.2, 0.25) is 0 Å². The molecule has 2 aromatic rings. The van der Waals surface area contributed by atoms with Gasteiger partial charge in [0.05, 0.1) is 10.6 Å². The maximum absolute atomic E-state index is 11.1. The van der Waals surface area contributed by atoms with Crippen LogP contribution >= 0.6 is 0 Å². The van der Waals surface area contributed by atoms with Gasteiger partial charge in [-0.25, -0.2) is 0 Å². The fourth-order valence-electron chi connectivity index (χ4n) is 1.76. The largest absolute Gasteiger partial charge is 0.755 e. The molecule has 0 bridgehead atoms. The van der Waals surface area contributed by atoms with Gasteiger partial charge in [-0.1, -0.05) is 18.2 Å². The molecular formula is C11H10NO5S2-. The number of nitrogens with zero attached hydrogens (tertiary/aromatic N) is 1. The maximum atomic E-state index is 11.1. The molecule has 0 heterocycles. The first-order valence-corrected chi connectivity index (χ1v) is 7.61. The van der Waals surface area contributed by atoms with Crippen LogP contribution in [0.3, 0.4) is 0 Å². The summed E-state index contributed by atoms with van der Waals surface area (Å²) in [5.74, 6) is 0.